The SMILES string of the molecule is COCCOCCN=C(N)C(C)C. The maximum atomic E-state index is 5.63. The highest BCUT2D eigenvalue weighted by Crippen LogP contribution is 1.90. The van der Waals surface area contributed by atoms with E-state index in [9.17, 15) is 0 Å². The van der Waals surface area contributed by atoms with Crippen LogP contribution in [0.4, 0.5) is 0 Å². The van der Waals surface area contributed by atoms with Crippen LogP contribution in [0.5, 0.6) is 0 Å². The van der Waals surface area contributed by atoms with E-state index in [2.05, 4.69) is 4.99 Å². The molecule has 0 unspecified atom stereocenters. The standard InChI is InChI=1S/C9H20N2O2/c1-8(2)9(10)11-4-5-13-7-6-12-3/h8H,4-7H2,1-3H3,(H2,10,11). The first-order valence-electron chi connectivity index (χ1n) is 4.55. The summed E-state index contributed by atoms with van der Waals surface area (Å²) in [5.74, 6) is 1.01. The highest BCUT2D eigenvalue weighted by molar-refractivity contribution is 5.82. The summed E-state index contributed by atoms with van der Waals surface area (Å²) in [5, 5.41) is 0. The van der Waals surface area contributed by atoms with Crippen LogP contribution in [0.1, 0.15) is 13.8 Å². The van der Waals surface area contributed by atoms with Crippen molar-refractivity contribution in [3.05, 3.63) is 0 Å². The Labute approximate surface area is 80.1 Å². The molecule has 0 aliphatic heterocycles. The Morgan fingerprint density at radius 3 is 2.54 bits per heavy atom. The van der Waals surface area contributed by atoms with Crippen LogP contribution in [0.15, 0.2) is 4.99 Å². The molecule has 0 saturated heterocycles. The molecule has 0 rings (SSSR count). The predicted octanol–water partition coefficient (Wildman–Crippen LogP) is 0.663. The zero-order valence-corrected chi connectivity index (χ0v) is 8.75. The number of rotatable bonds is 7. The van der Waals surface area contributed by atoms with Gasteiger partial charge in [0.05, 0.1) is 32.2 Å². The number of ether oxygens (including phenoxy) is 2. The molecule has 2 N–H and O–H groups in total. The summed E-state index contributed by atoms with van der Waals surface area (Å²) in [4.78, 5) is 4.15. The molecular weight excluding hydrogens is 168 g/mol. The Balaban J connectivity index is 3.29. The number of nitrogens with zero attached hydrogens (tertiary/aromatic N) is 1. The first-order chi connectivity index (χ1) is 6.18. The molecule has 0 bridgehead atoms. The van der Waals surface area contributed by atoms with E-state index in [1.165, 1.54) is 0 Å². The van der Waals surface area contributed by atoms with E-state index >= 15 is 0 Å². The van der Waals surface area contributed by atoms with E-state index in [0.717, 1.165) is 0 Å². The Morgan fingerprint density at radius 2 is 2.00 bits per heavy atom. The number of hydrogen-bond donors (Lipinski definition) is 1. The van der Waals surface area contributed by atoms with Crippen molar-refractivity contribution in [2.45, 2.75) is 13.8 Å². The lowest BCUT2D eigenvalue weighted by Gasteiger charge is -2.04. The summed E-state index contributed by atoms with van der Waals surface area (Å²) in [5.41, 5.74) is 5.63. The van der Waals surface area contributed by atoms with E-state index < -0.39 is 0 Å². The van der Waals surface area contributed by atoms with Crippen LogP contribution in [-0.4, -0.2) is 39.3 Å². The Hall–Kier alpha value is -0.610. The fourth-order valence-electron chi connectivity index (χ4n) is 0.666. The topological polar surface area (TPSA) is 56.8 Å². The third kappa shape index (κ3) is 7.74. The van der Waals surface area contributed by atoms with E-state index in [1.807, 2.05) is 13.8 Å². The van der Waals surface area contributed by atoms with Crippen molar-refractivity contribution < 1.29 is 9.47 Å². The summed E-state index contributed by atoms with van der Waals surface area (Å²) in [7, 11) is 1.65. The number of amidine groups is 1. The van der Waals surface area contributed by atoms with Gasteiger partial charge in [-0.25, -0.2) is 0 Å². The summed E-state index contributed by atoms with van der Waals surface area (Å²) < 4.78 is 10.0. The van der Waals surface area contributed by atoms with Crippen LogP contribution in [-0.2, 0) is 9.47 Å². The Bertz CT molecular complexity index is 147. The molecule has 78 valence electrons. The number of nitrogens with two attached hydrogens (primary N) is 1. The van der Waals surface area contributed by atoms with Crippen LogP contribution < -0.4 is 5.73 Å². The average Bonchev–Trinajstić information content (AvgIpc) is 2.10. The summed E-state index contributed by atoms with van der Waals surface area (Å²) >= 11 is 0. The van der Waals surface area contributed by atoms with Crippen molar-refractivity contribution in [2.75, 3.05) is 33.5 Å². The summed E-state index contributed by atoms with van der Waals surface area (Å²) in [6.07, 6.45) is 0. The molecular formula is C9H20N2O2. The third-order valence-electron chi connectivity index (χ3n) is 1.55. The van der Waals surface area contributed by atoms with E-state index in [-0.39, 0.29) is 0 Å². The first-order valence-corrected chi connectivity index (χ1v) is 4.55. The Kier molecular flexibility index (Phi) is 7.63. The van der Waals surface area contributed by atoms with Gasteiger partial charge >= 0.3 is 0 Å². The molecule has 0 aromatic heterocycles. The van der Waals surface area contributed by atoms with Crippen molar-refractivity contribution >= 4 is 5.84 Å². The van der Waals surface area contributed by atoms with Gasteiger partial charge in [0.2, 0.25) is 0 Å². The van der Waals surface area contributed by atoms with Gasteiger partial charge in [0, 0.05) is 13.0 Å². The van der Waals surface area contributed by atoms with E-state index in [4.69, 9.17) is 15.2 Å². The van der Waals surface area contributed by atoms with Gasteiger partial charge in [-0.2, -0.15) is 0 Å². The van der Waals surface area contributed by atoms with Crippen molar-refractivity contribution in [3.63, 3.8) is 0 Å². The molecule has 0 radical (unpaired) electrons. The molecule has 0 aromatic carbocycles. The maximum absolute atomic E-state index is 5.63. The summed E-state index contributed by atoms with van der Waals surface area (Å²) in [6.45, 7) is 6.52. The van der Waals surface area contributed by atoms with Gasteiger partial charge in [0.15, 0.2) is 0 Å². The van der Waals surface area contributed by atoms with E-state index in [0.29, 0.717) is 38.1 Å². The molecule has 0 amide bonds. The lowest BCUT2D eigenvalue weighted by atomic mass is 10.2. The maximum Gasteiger partial charge on any atom is 0.0963 e. The van der Waals surface area contributed by atoms with Crippen LogP contribution in [0.2, 0.25) is 0 Å². The molecule has 0 spiro atoms. The lowest BCUT2D eigenvalue weighted by Crippen LogP contribution is -2.20. The van der Waals surface area contributed by atoms with Gasteiger partial charge in [-0.1, -0.05) is 13.8 Å². The minimum atomic E-state index is 0.318. The van der Waals surface area contributed by atoms with Crippen LogP contribution in [0, 0.1) is 5.92 Å². The second kappa shape index (κ2) is 8.01. The molecule has 0 aromatic rings. The molecule has 0 aliphatic rings. The fraction of sp³-hybridized carbons (Fsp3) is 0.889. The molecule has 13 heavy (non-hydrogen) atoms. The van der Waals surface area contributed by atoms with Crippen molar-refractivity contribution in [1.82, 2.24) is 0 Å². The summed E-state index contributed by atoms with van der Waals surface area (Å²) in [6, 6.07) is 0. The predicted molar refractivity (Wildman–Crippen MR) is 54.0 cm³/mol. The molecule has 4 heteroatoms. The zero-order chi connectivity index (χ0) is 10.1. The number of aliphatic imine (C=N–C) groups is 1. The quantitative estimate of drug-likeness (QED) is 0.363. The largest absolute Gasteiger partial charge is 0.387 e. The second-order valence-corrected chi connectivity index (χ2v) is 3.07. The first kappa shape index (κ1) is 12.4. The second-order valence-electron chi connectivity index (χ2n) is 3.07. The van der Waals surface area contributed by atoms with Crippen molar-refractivity contribution in [1.29, 1.82) is 0 Å². The minimum Gasteiger partial charge on any atom is -0.387 e. The van der Waals surface area contributed by atoms with Crippen LogP contribution in [0.25, 0.3) is 0 Å². The van der Waals surface area contributed by atoms with Crippen LogP contribution in [0.3, 0.4) is 0 Å². The number of methoxy groups -OCH3 is 1. The normalized spacial score (nSPS) is 12.5. The fourth-order valence-corrected chi connectivity index (χ4v) is 0.666. The average molecular weight is 188 g/mol. The van der Waals surface area contributed by atoms with Gasteiger partial charge in [0.1, 0.15) is 0 Å². The van der Waals surface area contributed by atoms with Gasteiger partial charge in [0.25, 0.3) is 0 Å². The van der Waals surface area contributed by atoms with Crippen molar-refractivity contribution in [2.24, 2.45) is 16.6 Å². The molecule has 0 atom stereocenters. The zero-order valence-electron chi connectivity index (χ0n) is 8.75. The molecule has 4 nitrogen and oxygen atoms in total. The molecule has 0 aliphatic carbocycles. The molecule has 0 saturated carbocycles. The Morgan fingerprint density at radius 1 is 1.31 bits per heavy atom. The monoisotopic (exact) mass is 188 g/mol. The van der Waals surface area contributed by atoms with Gasteiger partial charge in [-0.05, 0) is 0 Å². The van der Waals surface area contributed by atoms with Crippen molar-refractivity contribution in [3.8, 4) is 0 Å². The van der Waals surface area contributed by atoms with Gasteiger partial charge in [-0.3, -0.25) is 4.99 Å². The minimum absolute atomic E-state index is 0.318. The molecule has 0 fully saturated rings. The van der Waals surface area contributed by atoms with Gasteiger partial charge in [-0.15, -0.1) is 0 Å². The smallest absolute Gasteiger partial charge is 0.0963 e. The van der Waals surface area contributed by atoms with Gasteiger partial charge < -0.3 is 15.2 Å². The highest BCUT2D eigenvalue weighted by Gasteiger charge is 1.96. The lowest BCUT2D eigenvalue weighted by molar-refractivity contribution is 0.0748. The van der Waals surface area contributed by atoms with E-state index in [1.54, 1.807) is 7.11 Å². The third-order valence-corrected chi connectivity index (χ3v) is 1.55. The molecule has 0 heterocycles. The van der Waals surface area contributed by atoms with Crippen LogP contribution >= 0.6 is 0 Å². The number of hydrogen-bond acceptors (Lipinski definition) is 3. The highest BCUT2D eigenvalue weighted by atomic mass is 16.5.